The normalized spacial score (nSPS) is 25.0. The van der Waals surface area contributed by atoms with Crippen LogP contribution in [0.2, 0.25) is 0 Å². The summed E-state index contributed by atoms with van der Waals surface area (Å²) in [4.78, 5) is 19.2. The minimum atomic E-state index is -1.23. The molecule has 1 amide bonds. The Morgan fingerprint density at radius 2 is 2.15 bits per heavy atom. The molecule has 5 nitrogen and oxygen atoms in total. The predicted octanol–water partition coefficient (Wildman–Crippen LogP) is 2.91. The Bertz CT molecular complexity index is 585. The van der Waals surface area contributed by atoms with Crippen molar-refractivity contribution in [3.8, 4) is 0 Å². The van der Waals surface area contributed by atoms with Crippen molar-refractivity contribution in [2.75, 3.05) is 26.2 Å². The van der Waals surface area contributed by atoms with E-state index in [1.54, 1.807) is 11.3 Å². The number of carbonyl (C=O) groups excluding carboxylic acids is 1. The molecular weight excluding hydrogens is 346 g/mol. The fourth-order valence-electron chi connectivity index (χ4n) is 4.26. The molecule has 1 saturated carbocycles. The summed E-state index contributed by atoms with van der Waals surface area (Å²) in [5.41, 5.74) is -0.177. The topological polar surface area (TPSA) is 65.5 Å². The van der Waals surface area contributed by atoms with Gasteiger partial charge >= 0.3 is 0 Å². The summed E-state index contributed by atoms with van der Waals surface area (Å²) in [6, 6.07) is 0. The molecule has 2 fully saturated rings. The Labute approximate surface area is 161 Å². The summed E-state index contributed by atoms with van der Waals surface area (Å²) in [6.07, 6.45) is 10.1. The fourth-order valence-corrected chi connectivity index (χ4v) is 5.04. The number of aryl methyl sites for hydroxylation is 1. The molecule has 2 N–H and O–H groups in total. The SMILES string of the molecule is Cc1csc(CCNC[C@@]2(O)CCCN(CCC3CCCCC3)C2=O)n1. The molecule has 3 rings (SSSR count). The summed E-state index contributed by atoms with van der Waals surface area (Å²) in [6.45, 7) is 4.69. The number of piperidine rings is 1. The average molecular weight is 380 g/mol. The Balaban J connectivity index is 1.42. The van der Waals surface area contributed by atoms with Crippen LogP contribution in [-0.2, 0) is 11.2 Å². The molecule has 0 radical (unpaired) electrons. The van der Waals surface area contributed by atoms with E-state index in [4.69, 9.17) is 0 Å². The summed E-state index contributed by atoms with van der Waals surface area (Å²) in [7, 11) is 0. The van der Waals surface area contributed by atoms with Crippen LogP contribution in [0.4, 0.5) is 0 Å². The predicted molar refractivity (Wildman–Crippen MR) is 105 cm³/mol. The number of hydrogen-bond donors (Lipinski definition) is 2. The number of nitrogens with zero attached hydrogens (tertiary/aromatic N) is 2. The molecule has 1 aromatic heterocycles. The number of amides is 1. The molecule has 0 unspecified atom stereocenters. The molecule has 26 heavy (non-hydrogen) atoms. The van der Waals surface area contributed by atoms with Gasteiger partial charge in [0.2, 0.25) is 0 Å². The summed E-state index contributed by atoms with van der Waals surface area (Å²) in [5.74, 6) is 0.698. The maximum atomic E-state index is 12.8. The van der Waals surface area contributed by atoms with E-state index in [1.807, 2.05) is 11.8 Å². The lowest BCUT2D eigenvalue weighted by atomic mass is 9.86. The molecule has 1 saturated heterocycles. The molecule has 1 atom stereocenters. The van der Waals surface area contributed by atoms with E-state index in [0.29, 0.717) is 13.0 Å². The van der Waals surface area contributed by atoms with Gasteiger partial charge in [0.05, 0.1) is 5.01 Å². The quantitative estimate of drug-likeness (QED) is 0.682. The highest BCUT2D eigenvalue weighted by atomic mass is 32.1. The minimum absolute atomic E-state index is 0.0721. The van der Waals surface area contributed by atoms with Crippen LogP contribution in [0, 0.1) is 12.8 Å². The van der Waals surface area contributed by atoms with Gasteiger partial charge in [0.25, 0.3) is 5.91 Å². The van der Waals surface area contributed by atoms with Crippen molar-refractivity contribution in [3.63, 3.8) is 0 Å². The summed E-state index contributed by atoms with van der Waals surface area (Å²) < 4.78 is 0. The van der Waals surface area contributed by atoms with E-state index in [2.05, 4.69) is 15.7 Å². The molecule has 0 aromatic carbocycles. The van der Waals surface area contributed by atoms with Gasteiger partial charge in [0.15, 0.2) is 5.60 Å². The van der Waals surface area contributed by atoms with Crippen LogP contribution in [-0.4, -0.2) is 52.7 Å². The van der Waals surface area contributed by atoms with Crippen LogP contribution < -0.4 is 5.32 Å². The minimum Gasteiger partial charge on any atom is -0.379 e. The third kappa shape index (κ3) is 5.27. The van der Waals surface area contributed by atoms with Gasteiger partial charge in [0, 0.05) is 43.7 Å². The van der Waals surface area contributed by atoms with Crippen LogP contribution >= 0.6 is 11.3 Å². The van der Waals surface area contributed by atoms with Crippen LogP contribution in [0.15, 0.2) is 5.38 Å². The van der Waals surface area contributed by atoms with Gasteiger partial charge < -0.3 is 15.3 Å². The number of carbonyl (C=O) groups is 1. The van der Waals surface area contributed by atoms with Gasteiger partial charge in [-0.2, -0.15) is 0 Å². The van der Waals surface area contributed by atoms with E-state index in [1.165, 1.54) is 32.1 Å². The van der Waals surface area contributed by atoms with Crippen LogP contribution in [0.1, 0.15) is 62.1 Å². The molecule has 2 heterocycles. The zero-order valence-electron chi connectivity index (χ0n) is 16.0. The molecule has 146 valence electrons. The molecular formula is C20H33N3O2S. The Kier molecular flexibility index (Phi) is 7.06. The monoisotopic (exact) mass is 379 g/mol. The molecule has 1 aromatic rings. The molecule has 0 bridgehead atoms. The highest BCUT2D eigenvalue weighted by Gasteiger charge is 2.41. The van der Waals surface area contributed by atoms with Gasteiger partial charge in [-0.1, -0.05) is 32.1 Å². The zero-order chi connectivity index (χ0) is 18.4. The second kappa shape index (κ2) is 9.29. The number of likely N-dealkylation sites (tertiary alicyclic amines) is 1. The van der Waals surface area contributed by atoms with Crippen molar-refractivity contribution in [2.45, 2.75) is 70.3 Å². The lowest BCUT2D eigenvalue weighted by Crippen LogP contribution is -2.58. The van der Waals surface area contributed by atoms with Crippen LogP contribution in [0.3, 0.4) is 0 Å². The molecule has 1 aliphatic carbocycles. The molecule has 6 heteroatoms. The maximum Gasteiger partial charge on any atom is 0.255 e. The number of rotatable bonds is 8. The number of hydrogen-bond acceptors (Lipinski definition) is 5. The van der Waals surface area contributed by atoms with Crippen molar-refractivity contribution in [1.82, 2.24) is 15.2 Å². The lowest BCUT2D eigenvalue weighted by molar-refractivity contribution is -0.156. The lowest BCUT2D eigenvalue weighted by Gasteiger charge is -2.39. The van der Waals surface area contributed by atoms with E-state index in [9.17, 15) is 9.90 Å². The van der Waals surface area contributed by atoms with Gasteiger partial charge in [-0.3, -0.25) is 4.79 Å². The number of thiazole rings is 1. The van der Waals surface area contributed by atoms with Crippen LogP contribution in [0.25, 0.3) is 0 Å². The first-order chi connectivity index (χ1) is 12.6. The highest BCUT2D eigenvalue weighted by molar-refractivity contribution is 7.09. The second-order valence-electron chi connectivity index (χ2n) is 8.03. The van der Waals surface area contributed by atoms with E-state index < -0.39 is 5.60 Å². The maximum absolute atomic E-state index is 12.8. The molecule has 2 aliphatic rings. The number of aliphatic hydroxyl groups is 1. The largest absolute Gasteiger partial charge is 0.379 e. The number of nitrogens with one attached hydrogen (secondary N) is 1. The highest BCUT2D eigenvalue weighted by Crippen LogP contribution is 2.28. The third-order valence-corrected chi connectivity index (χ3v) is 6.86. The smallest absolute Gasteiger partial charge is 0.255 e. The second-order valence-corrected chi connectivity index (χ2v) is 8.97. The van der Waals surface area contributed by atoms with Gasteiger partial charge in [-0.05, 0) is 32.1 Å². The van der Waals surface area contributed by atoms with Gasteiger partial charge in [0.1, 0.15) is 0 Å². The summed E-state index contributed by atoms with van der Waals surface area (Å²) in [5, 5.41) is 17.3. The zero-order valence-corrected chi connectivity index (χ0v) is 16.8. The van der Waals surface area contributed by atoms with E-state index in [-0.39, 0.29) is 5.91 Å². The van der Waals surface area contributed by atoms with Crippen molar-refractivity contribution in [3.05, 3.63) is 16.1 Å². The van der Waals surface area contributed by atoms with Crippen molar-refractivity contribution in [1.29, 1.82) is 0 Å². The molecule has 1 aliphatic heterocycles. The summed E-state index contributed by atoms with van der Waals surface area (Å²) >= 11 is 1.67. The van der Waals surface area contributed by atoms with Crippen molar-refractivity contribution >= 4 is 17.2 Å². The third-order valence-electron chi connectivity index (χ3n) is 5.84. The standard InChI is InChI=1S/C20H33N3O2S/c1-16-14-26-18(22-16)8-11-21-15-20(25)10-5-12-23(19(20)24)13-9-17-6-3-2-4-7-17/h14,17,21,25H,2-13,15H2,1H3/t20-/m0/s1. The van der Waals surface area contributed by atoms with E-state index >= 15 is 0 Å². The first-order valence-electron chi connectivity index (χ1n) is 10.2. The molecule has 0 spiro atoms. The fraction of sp³-hybridized carbons (Fsp3) is 0.800. The Morgan fingerprint density at radius 1 is 1.35 bits per heavy atom. The first kappa shape index (κ1) is 19.8. The van der Waals surface area contributed by atoms with Crippen molar-refractivity contribution < 1.29 is 9.90 Å². The van der Waals surface area contributed by atoms with Crippen molar-refractivity contribution in [2.24, 2.45) is 5.92 Å². The first-order valence-corrected chi connectivity index (χ1v) is 11.1. The Hall–Kier alpha value is -0.980. The van der Waals surface area contributed by atoms with Gasteiger partial charge in [-0.25, -0.2) is 4.98 Å². The van der Waals surface area contributed by atoms with Crippen LogP contribution in [0.5, 0.6) is 0 Å². The van der Waals surface area contributed by atoms with Gasteiger partial charge in [-0.15, -0.1) is 11.3 Å². The van der Waals surface area contributed by atoms with E-state index in [0.717, 1.165) is 55.5 Å². The number of aromatic nitrogens is 1. The Morgan fingerprint density at radius 3 is 2.88 bits per heavy atom. The average Bonchev–Trinajstić information content (AvgIpc) is 3.06.